The average Bonchev–Trinajstić information content (AvgIpc) is 3.14. The molecule has 0 fully saturated rings. The predicted molar refractivity (Wildman–Crippen MR) is 108 cm³/mol. The molecule has 3 aromatic rings. The summed E-state index contributed by atoms with van der Waals surface area (Å²) < 4.78 is 65.9. The van der Waals surface area contributed by atoms with Gasteiger partial charge in [0.25, 0.3) is 5.91 Å². The van der Waals surface area contributed by atoms with Crippen molar-refractivity contribution in [3.8, 4) is 23.0 Å². The van der Waals surface area contributed by atoms with Crippen LogP contribution in [0.3, 0.4) is 0 Å². The fraction of sp³-hybridized carbons (Fsp3) is 0.316. The number of pyridine rings is 2. The maximum atomic E-state index is 13.1. The first-order chi connectivity index (χ1) is 15.0. The van der Waals surface area contributed by atoms with Crippen LogP contribution in [0, 0.1) is 0 Å². The first kappa shape index (κ1) is 23.3. The van der Waals surface area contributed by atoms with Gasteiger partial charge in [0, 0.05) is 26.0 Å². The second-order valence-corrected chi connectivity index (χ2v) is 8.91. The van der Waals surface area contributed by atoms with E-state index < -0.39 is 27.5 Å². The van der Waals surface area contributed by atoms with Crippen molar-refractivity contribution in [3.63, 3.8) is 0 Å². The Labute approximate surface area is 181 Å². The fourth-order valence-corrected chi connectivity index (χ4v) is 3.94. The van der Waals surface area contributed by atoms with Crippen LogP contribution < -0.4 is 5.32 Å². The van der Waals surface area contributed by atoms with E-state index in [-0.39, 0.29) is 39.2 Å². The molecule has 0 radical (unpaired) electrons. The molecule has 3 aromatic heterocycles. The van der Waals surface area contributed by atoms with Gasteiger partial charge in [-0.15, -0.1) is 10.2 Å². The van der Waals surface area contributed by atoms with Crippen LogP contribution in [0.5, 0.6) is 0 Å². The smallest absolute Gasteiger partial charge is 0.352 e. The van der Waals surface area contributed by atoms with Gasteiger partial charge in [0.1, 0.15) is 11.4 Å². The Morgan fingerprint density at radius 2 is 1.81 bits per heavy atom. The lowest BCUT2D eigenvalue weighted by molar-refractivity contribution is -0.137. The molecule has 0 aromatic carbocycles. The molecule has 0 aliphatic heterocycles. The van der Waals surface area contributed by atoms with Crippen molar-refractivity contribution in [2.75, 3.05) is 12.3 Å². The molecule has 0 saturated carbocycles. The molecule has 0 spiro atoms. The Morgan fingerprint density at radius 1 is 1.12 bits per heavy atom. The maximum absolute atomic E-state index is 13.1. The average molecular weight is 468 g/mol. The first-order valence-electron chi connectivity index (χ1n) is 9.44. The van der Waals surface area contributed by atoms with E-state index in [0.717, 1.165) is 18.3 Å². The van der Waals surface area contributed by atoms with Crippen molar-refractivity contribution in [2.45, 2.75) is 24.9 Å². The van der Waals surface area contributed by atoms with Gasteiger partial charge in [0.15, 0.2) is 21.5 Å². The number of amides is 1. The van der Waals surface area contributed by atoms with E-state index in [4.69, 9.17) is 0 Å². The molecule has 1 N–H and O–H groups in total. The van der Waals surface area contributed by atoms with Crippen LogP contribution in [-0.2, 0) is 23.1 Å². The summed E-state index contributed by atoms with van der Waals surface area (Å²) in [5.41, 5.74) is -1.04. The molecule has 3 heterocycles. The monoisotopic (exact) mass is 468 g/mol. The molecule has 0 unspecified atom stereocenters. The Bertz CT molecular complexity index is 1270. The van der Waals surface area contributed by atoms with Crippen molar-refractivity contribution >= 4 is 15.7 Å². The van der Waals surface area contributed by atoms with Crippen molar-refractivity contribution in [2.24, 2.45) is 7.05 Å². The molecule has 0 aliphatic rings. The lowest BCUT2D eigenvalue weighted by Gasteiger charge is -2.11. The number of sulfone groups is 1. The van der Waals surface area contributed by atoms with E-state index in [2.05, 4.69) is 25.5 Å². The third-order valence-corrected chi connectivity index (χ3v) is 6.31. The van der Waals surface area contributed by atoms with E-state index in [9.17, 15) is 26.4 Å². The number of halogens is 3. The number of rotatable bonds is 6. The molecule has 9 nitrogen and oxygen atoms in total. The van der Waals surface area contributed by atoms with Gasteiger partial charge in [-0.2, -0.15) is 13.2 Å². The minimum atomic E-state index is -4.57. The van der Waals surface area contributed by atoms with Gasteiger partial charge < -0.3 is 9.88 Å². The highest BCUT2D eigenvalue weighted by Crippen LogP contribution is 2.32. The number of nitrogens with zero attached hydrogens (tertiary/aromatic N) is 5. The summed E-state index contributed by atoms with van der Waals surface area (Å²) in [4.78, 5) is 20.0. The molecule has 0 aliphatic carbocycles. The van der Waals surface area contributed by atoms with Crippen molar-refractivity contribution in [1.82, 2.24) is 30.0 Å². The SMILES string of the molecule is CCNC(=O)c1cnc(-c2nnc(-c3cc(C(F)(F)F)ccn3)n2C)c(S(=O)(=O)CC)c1. The lowest BCUT2D eigenvalue weighted by atomic mass is 10.2. The third-order valence-electron chi connectivity index (χ3n) is 4.57. The van der Waals surface area contributed by atoms with Crippen LogP contribution in [-0.4, -0.2) is 51.4 Å². The fourth-order valence-electron chi connectivity index (χ4n) is 2.88. The molecule has 13 heteroatoms. The molecule has 1 amide bonds. The summed E-state index contributed by atoms with van der Waals surface area (Å²) >= 11 is 0. The van der Waals surface area contributed by atoms with Crippen molar-refractivity contribution < 1.29 is 26.4 Å². The van der Waals surface area contributed by atoms with E-state index >= 15 is 0 Å². The second-order valence-electron chi connectivity index (χ2n) is 6.67. The normalized spacial score (nSPS) is 12.1. The second kappa shape index (κ2) is 8.65. The maximum Gasteiger partial charge on any atom is 0.416 e. The number of hydrogen-bond donors (Lipinski definition) is 1. The standard InChI is InChI=1S/C19H19F3N6O3S/c1-4-23-18(29)11-8-14(32(30,31)5-2)15(25-10-11)17-27-26-16(28(17)3)13-9-12(6-7-24-13)19(20,21)22/h6-10H,4-5H2,1-3H3,(H,23,29). The van der Waals surface area contributed by atoms with Gasteiger partial charge in [-0.05, 0) is 25.1 Å². The number of hydrogen-bond acceptors (Lipinski definition) is 7. The molecular formula is C19H19F3N6O3S. The third kappa shape index (κ3) is 4.47. The lowest BCUT2D eigenvalue weighted by Crippen LogP contribution is -2.23. The minimum absolute atomic E-state index is 0.00585. The van der Waals surface area contributed by atoms with Gasteiger partial charge in [-0.3, -0.25) is 14.8 Å². The highest BCUT2D eigenvalue weighted by molar-refractivity contribution is 7.91. The van der Waals surface area contributed by atoms with E-state index in [1.165, 1.54) is 30.8 Å². The van der Waals surface area contributed by atoms with Crippen LogP contribution in [0.1, 0.15) is 29.8 Å². The van der Waals surface area contributed by atoms with Gasteiger partial charge >= 0.3 is 6.18 Å². The van der Waals surface area contributed by atoms with Crippen molar-refractivity contribution in [1.29, 1.82) is 0 Å². The number of carbonyl (C=O) groups excluding carboxylic acids is 1. The number of carbonyl (C=O) groups is 1. The van der Waals surface area contributed by atoms with Gasteiger partial charge in [-0.25, -0.2) is 8.42 Å². The number of aromatic nitrogens is 5. The number of alkyl halides is 3. The molecule has 0 atom stereocenters. The largest absolute Gasteiger partial charge is 0.416 e. The highest BCUT2D eigenvalue weighted by Gasteiger charge is 2.31. The molecule has 170 valence electrons. The minimum Gasteiger partial charge on any atom is -0.352 e. The topological polar surface area (TPSA) is 120 Å². The van der Waals surface area contributed by atoms with Crippen LogP contribution >= 0.6 is 0 Å². The highest BCUT2D eigenvalue weighted by atomic mass is 32.2. The van der Waals surface area contributed by atoms with Crippen LogP contribution in [0.25, 0.3) is 23.0 Å². The molecule has 0 saturated heterocycles. The summed E-state index contributed by atoms with van der Waals surface area (Å²) in [7, 11) is -2.38. The van der Waals surface area contributed by atoms with Crippen LogP contribution in [0.15, 0.2) is 35.5 Å². The van der Waals surface area contributed by atoms with E-state index in [1.807, 2.05) is 0 Å². The Kier molecular flexibility index (Phi) is 6.30. The van der Waals surface area contributed by atoms with Gasteiger partial charge in [-0.1, -0.05) is 6.92 Å². The zero-order chi connectivity index (χ0) is 23.7. The quantitative estimate of drug-likeness (QED) is 0.590. The van der Waals surface area contributed by atoms with Crippen LogP contribution in [0.4, 0.5) is 13.2 Å². The number of nitrogens with one attached hydrogen (secondary N) is 1. The Balaban J connectivity index is 2.16. The summed E-state index contributed by atoms with van der Waals surface area (Å²) in [5.74, 6) is -0.777. The van der Waals surface area contributed by atoms with Crippen molar-refractivity contribution in [3.05, 3.63) is 41.7 Å². The molecule has 3 rings (SSSR count). The zero-order valence-electron chi connectivity index (χ0n) is 17.3. The van der Waals surface area contributed by atoms with E-state index in [1.54, 1.807) is 6.92 Å². The summed E-state index contributed by atoms with van der Waals surface area (Å²) in [6.07, 6.45) is -2.37. The molecule has 0 bridgehead atoms. The van der Waals surface area contributed by atoms with Gasteiger partial charge in [0.05, 0.1) is 21.8 Å². The summed E-state index contributed by atoms with van der Waals surface area (Å²) in [6, 6.07) is 2.85. The first-order valence-corrected chi connectivity index (χ1v) is 11.1. The van der Waals surface area contributed by atoms with Crippen LogP contribution in [0.2, 0.25) is 0 Å². The summed E-state index contributed by atoms with van der Waals surface area (Å²) in [6.45, 7) is 3.49. The zero-order valence-corrected chi connectivity index (χ0v) is 18.1. The molecular weight excluding hydrogens is 449 g/mol. The Morgan fingerprint density at radius 3 is 2.44 bits per heavy atom. The Hall–Kier alpha value is -3.35. The van der Waals surface area contributed by atoms with E-state index in [0.29, 0.717) is 6.54 Å². The summed E-state index contributed by atoms with van der Waals surface area (Å²) in [5, 5.41) is 10.4. The molecule has 32 heavy (non-hydrogen) atoms. The predicted octanol–water partition coefficient (Wildman–Crippen LogP) is 2.50. The van der Waals surface area contributed by atoms with Gasteiger partial charge in [0.2, 0.25) is 0 Å².